The Labute approximate surface area is 92.8 Å². The average Bonchev–Trinajstić information content (AvgIpc) is 2.50. The summed E-state index contributed by atoms with van der Waals surface area (Å²) in [7, 11) is 0. The van der Waals surface area contributed by atoms with Gasteiger partial charge in [-0.05, 0) is 42.4 Å². The second-order valence-corrected chi connectivity index (χ2v) is 6.18. The number of hydrogen-bond acceptors (Lipinski definition) is 2. The first-order chi connectivity index (χ1) is 6.96. The zero-order chi connectivity index (χ0) is 11.3. The Morgan fingerprint density at radius 3 is 2.40 bits per heavy atom. The molecule has 2 nitrogen and oxygen atoms in total. The quantitative estimate of drug-likeness (QED) is 0.420. The minimum absolute atomic E-state index is 0.419. The summed E-state index contributed by atoms with van der Waals surface area (Å²) in [6.45, 7) is 9.30. The monoisotopic (exact) mass is 209 g/mol. The summed E-state index contributed by atoms with van der Waals surface area (Å²) >= 11 is 0. The van der Waals surface area contributed by atoms with E-state index in [9.17, 15) is 0 Å². The predicted molar refractivity (Wildman–Crippen MR) is 62.2 cm³/mol. The largest absolute Gasteiger partial charge is 0.411 e. The second kappa shape index (κ2) is 3.23. The lowest BCUT2D eigenvalue weighted by molar-refractivity contribution is 0.152. The van der Waals surface area contributed by atoms with Gasteiger partial charge in [0.2, 0.25) is 0 Å². The number of hydrogen-bond donors (Lipinski definition) is 1. The van der Waals surface area contributed by atoms with E-state index >= 15 is 0 Å². The van der Waals surface area contributed by atoms with Gasteiger partial charge in [-0.2, -0.15) is 0 Å². The Hall–Kier alpha value is -0.530. The summed E-state index contributed by atoms with van der Waals surface area (Å²) in [5, 5.41) is 12.6. The molecule has 0 heterocycles. The van der Waals surface area contributed by atoms with Crippen molar-refractivity contribution in [2.45, 2.75) is 53.4 Å². The highest BCUT2D eigenvalue weighted by Gasteiger charge is 2.61. The fourth-order valence-electron chi connectivity index (χ4n) is 4.06. The Morgan fingerprint density at radius 2 is 2.07 bits per heavy atom. The number of fused-ring (bicyclic) bond motifs is 2. The van der Waals surface area contributed by atoms with Gasteiger partial charge in [-0.15, -0.1) is 0 Å². The Kier molecular flexibility index (Phi) is 2.36. The molecule has 2 rings (SSSR count). The molecule has 0 aromatic carbocycles. The van der Waals surface area contributed by atoms with Crippen molar-refractivity contribution in [2.75, 3.05) is 0 Å². The number of oxime groups is 1. The molecular formula is C13H23NO. The molecule has 3 atom stereocenters. The smallest absolute Gasteiger partial charge is 0.0602 e. The highest BCUT2D eigenvalue weighted by molar-refractivity contribution is 5.87. The van der Waals surface area contributed by atoms with E-state index in [1.165, 1.54) is 19.3 Å². The van der Waals surface area contributed by atoms with Crippen LogP contribution in [0.25, 0.3) is 0 Å². The number of nitrogens with zero attached hydrogens (tertiary/aromatic N) is 1. The summed E-state index contributed by atoms with van der Waals surface area (Å²) < 4.78 is 0. The van der Waals surface area contributed by atoms with Crippen molar-refractivity contribution >= 4 is 5.71 Å². The first kappa shape index (κ1) is 11.0. The average molecular weight is 209 g/mol. The van der Waals surface area contributed by atoms with Crippen LogP contribution < -0.4 is 0 Å². The molecule has 15 heavy (non-hydrogen) atoms. The first-order valence-electron chi connectivity index (χ1n) is 6.17. The third-order valence-electron chi connectivity index (χ3n) is 5.56. The van der Waals surface area contributed by atoms with Crippen molar-refractivity contribution in [3.63, 3.8) is 0 Å². The van der Waals surface area contributed by atoms with E-state index < -0.39 is 0 Å². The fourth-order valence-corrected chi connectivity index (χ4v) is 4.06. The van der Waals surface area contributed by atoms with Crippen LogP contribution in [0.2, 0.25) is 0 Å². The maximum atomic E-state index is 9.06. The standard InChI is InChI=1S/C13H23NO/c1-5-11(14-15)9-8-13(4)7-6-10(9)12(13,2)3/h9-10,15H,5-8H2,1-4H3/b14-11-/t9-,10+,13-/m1/s1. The normalized spacial score (nSPS) is 43.6. The number of rotatable bonds is 2. The fraction of sp³-hybridized carbons (Fsp3) is 0.923. The minimum Gasteiger partial charge on any atom is -0.411 e. The van der Waals surface area contributed by atoms with Crippen LogP contribution in [0, 0.1) is 22.7 Å². The molecule has 2 heteroatoms. The third kappa shape index (κ3) is 1.26. The molecule has 2 saturated carbocycles. The Morgan fingerprint density at radius 1 is 1.40 bits per heavy atom. The van der Waals surface area contributed by atoms with Gasteiger partial charge >= 0.3 is 0 Å². The van der Waals surface area contributed by atoms with Gasteiger partial charge in [0.15, 0.2) is 0 Å². The van der Waals surface area contributed by atoms with Crippen molar-refractivity contribution in [2.24, 2.45) is 27.8 Å². The van der Waals surface area contributed by atoms with E-state index in [2.05, 4.69) is 32.9 Å². The summed E-state index contributed by atoms with van der Waals surface area (Å²) in [4.78, 5) is 0. The Balaban J connectivity index is 2.29. The minimum atomic E-state index is 0.419. The van der Waals surface area contributed by atoms with Crippen LogP contribution in [0.5, 0.6) is 0 Å². The topological polar surface area (TPSA) is 32.6 Å². The maximum absolute atomic E-state index is 9.06. The lowest BCUT2D eigenvalue weighted by Crippen LogP contribution is -2.27. The van der Waals surface area contributed by atoms with Crippen molar-refractivity contribution in [3.05, 3.63) is 0 Å². The van der Waals surface area contributed by atoms with Gasteiger partial charge in [-0.25, -0.2) is 0 Å². The highest BCUT2D eigenvalue weighted by atomic mass is 16.4. The molecule has 86 valence electrons. The predicted octanol–water partition coefficient (Wildman–Crippen LogP) is 3.69. The first-order valence-corrected chi connectivity index (χ1v) is 6.17. The van der Waals surface area contributed by atoms with Crippen LogP contribution >= 0.6 is 0 Å². The molecule has 0 saturated heterocycles. The highest BCUT2D eigenvalue weighted by Crippen LogP contribution is 2.67. The van der Waals surface area contributed by atoms with Crippen LogP contribution in [0.4, 0.5) is 0 Å². The molecule has 2 bridgehead atoms. The van der Waals surface area contributed by atoms with E-state index in [-0.39, 0.29) is 0 Å². The van der Waals surface area contributed by atoms with E-state index in [4.69, 9.17) is 5.21 Å². The van der Waals surface area contributed by atoms with Crippen LogP contribution in [-0.2, 0) is 0 Å². The molecule has 0 spiro atoms. The van der Waals surface area contributed by atoms with E-state index in [1.807, 2.05) is 0 Å². The van der Waals surface area contributed by atoms with Crippen LogP contribution in [-0.4, -0.2) is 10.9 Å². The van der Waals surface area contributed by atoms with Crippen LogP contribution in [0.15, 0.2) is 5.16 Å². The molecule has 0 aromatic heterocycles. The SMILES string of the molecule is CC/C(=N/O)[C@@H]1C[C@@]2(C)CC[C@@H]1C2(C)C. The van der Waals surface area contributed by atoms with Gasteiger partial charge in [-0.3, -0.25) is 0 Å². The van der Waals surface area contributed by atoms with Gasteiger partial charge in [-0.1, -0.05) is 32.9 Å². The van der Waals surface area contributed by atoms with E-state index in [0.29, 0.717) is 16.7 Å². The molecule has 0 radical (unpaired) electrons. The van der Waals surface area contributed by atoms with E-state index in [1.54, 1.807) is 0 Å². The van der Waals surface area contributed by atoms with Gasteiger partial charge in [0, 0.05) is 5.92 Å². The Bertz CT molecular complexity index is 292. The molecule has 0 amide bonds. The van der Waals surface area contributed by atoms with Crippen LogP contribution in [0.1, 0.15) is 53.4 Å². The molecule has 0 unspecified atom stereocenters. The van der Waals surface area contributed by atoms with Crippen molar-refractivity contribution in [1.29, 1.82) is 0 Å². The second-order valence-electron chi connectivity index (χ2n) is 6.18. The summed E-state index contributed by atoms with van der Waals surface area (Å²) in [5.74, 6) is 1.27. The molecule has 2 aliphatic carbocycles. The van der Waals surface area contributed by atoms with Crippen molar-refractivity contribution < 1.29 is 5.21 Å². The van der Waals surface area contributed by atoms with Gasteiger partial charge in [0.1, 0.15) is 0 Å². The molecule has 2 aliphatic rings. The molecular weight excluding hydrogens is 186 g/mol. The van der Waals surface area contributed by atoms with Gasteiger partial charge < -0.3 is 5.21 Å². The molecule has 2 fully saturated rings. The lowest BCUT2D eigenvalue weighted by Gasteiger charge is -2.34. The zero-order valence-electron chi connectivity index (χ0n) is 10.4. The molecule has 0 aliphatic heterocycles. The summed E-state index contributed by atoms with van der Waals surface area (Å²) in [6, 6.07) is 0. The van der Waals surface area contributed by atoms with Crippen LogP contribution in [0.3, 0.4) is 0 Å². The van der Waals surface area contributed by atoms with Gasteiger partial charge in [0.05, 0.1) is 5.71 Å². The summed E-state index contributed by atoms with van der Waals surface area (Å²) in [5.41, 5.74) is 1.91. The third-order valence-corrected chi connectivity index (χ3v) is 5.56. The summed E-state index contributed by atoms with van der Waals surface area (Å²) in [6.07, 6.45) is 4.78. The van der Waals surface area contributed by atoms with Gasteiger partial charge in [0.25, 0.3) is 0 Å². The lowest BCUT2D eigenvalue weighted by atomic mass is 9.71. The molecule has 0 aromatic rings. The maximum Gasteiger partial charge on any atom is 0.0602 e. The zero-order valence-corrected chi connectivity index (χ0v) is 10.4. The van der Waals surface area contributed by atoms with E-state index in [0.717, 1.165) is 18.1 Å². The molecule has 1 N–H and O–H groups in total. The van der Waals surface area contributed by atoms with Crippen molar-refractivity contribution in [1.82, 2.24) is 0 Å². The van der Waals surface area contributed by atoms with Crippen molar-refractivity contribution in [3.8, 4) is 0 Å².